The molecule has 0 bridgehead atoms. The minimum atomic E-state index is -0.573. The van der Waals surface area contributed by atoms with Crippen LogP contribution in [0.1, 0.15) is 44.9 Å². The molecule has 0 radical (unpaired) electrons. The zero-order chi connectivity index (χ0) is 15.2. The Labute approximate surface area is 131 Å². The Balaban J connectivity index is 1.96. The van der Waals surface area contributed by atoms with Gasteiger partial charge in [-0.2, -0.15) is 0 Å². The maximum atomic E-state index is 12.0. The van der Waals surface area contributed by atoms with Gasteiger partial charge in [0.05, 0.1) is 4.47 Å². The molecule has 116 valence electrons. The monoisotopic (exact) mass is 357 g/mol. The third kappa shape index (κ3) is 4.84. The standard InChI is InChI=1S/C14H20BrN3O3/c15-11-8-18(14(21)17-13(11)20)9-12(19)16-10-6-4-2-1-3-5-7-10/h8,10H,1-7,9H2,(H,16,19)(H,17,20,21). The molecule has 0 saturated heterocycles. The fraction of sp³-hybridized carbons (Fsp3) is 0.643. The molecule has 2 rings (SSSR count). The second kappa shape index (κ2) is 7.59. The Bertz CT molecular complexity index is 600. The summed E-state index contributed by atoms with van der Waals surface area (Å²) >= 11 is 3.05. The van der Waals surface area contributed by atoms with E-state index in [1.807, 2.05) is 0 Å². The summed E-state index contributed by atoms with van der Waals surface area (Å²) in [5, 5.41) is 2.99. The summed E-state index contributed by atoms with van der Waals surface area (Å²) in [5.74, 6) is -0.193. The molecule has 1 aliphatic rings. The molecule has 1 aliphatic carbocycles. The molecule has 21 heavy (non-hydrogen) atoms. The van der Waals surface area contributed by atoms with Crippen LogP contribution < -0.4 is 16.6 Å². The molecule has 2 N–H and O–H groups in total. The lowest BCUT2D eigenvalue weighted by Gasteiger charge is -2.21. The summed E-state index contributed by atoms with van der Waals surface area (Å²) in [7, 11) is 0. The number of H-pyrrole nitrogens is 1. The van der Waals surface area contributed by atoms with E-state index in [4.69, 9.17) is 0 Å². The number of aromatic nitrogens is 2. The molecule has 1 saturated carbocycles. The third-order valence-corrected chi connectivity index (χ3v) is 4.32. The number of rotatable bonds is 3. The molecule has 1 fully saturated rings. The SMILES string of the molecule is O=C(Cn1cc(Br)c(=O)[nH]c1=O)NC1CCCCCCC1. The van der Waals surface area contributed by atoms with E-state index in [1.165, 1.54) is 30.0 Å². The summed E-state index contributed by atoms with van der Waals surface area (Å²) in [6, 6.07) is 0.194. The van der Waals surface area contributed by atoms with Crippen LogP contribution in [0.5, 0.6) is 0 Å². The van der Waals surface area contributed by atoms with Crippen molar-refractivity contribution in [2.45, 2.75) is 57.5 Å². The Kier molecular flexibility index (Phi) is 5.78. The van der Waals surface area contributed by atoms with Crippen LogP contribution in [0.15, 0.2) is 20.3 Å². The molecule has 1 heterocycles. The van der Waals surface area contributed by atoms with E-state index in [1.54, 1.807) is 0 Å². The van der Waals surface area contributed by atoms with Gasteiger partial charge in [-0.1, -0.05) is 32.1 Å². The van der Waals surface area contributed by atoms with Gasteiger partial charge in [-0.25, -0.2) is 4.79 Å². The summed E-state index contributed by atoms with van der Waals surface area (Å²) in [5.41, 5.74) is -1.06. The van der Waals surface area contributed by atoms with E-state index in [-0.39, 0.29) is 23.0 Å². The molecule has 1 aromatic heterocycles. The van der Waals surface area contributed by atoms with Crippen LogP contribution >= 0.6 is 15.9 Å². The first-order valence-electron chi connectivity index (χ1n) is 7.35. The largest absolute Gasteiger partial charge is 0.352 e. The van der Waals surface area contributed by atoms with E-state index in [0.717, 1.165) is 25.7 Å². The molecule has 0 spiro atoms. The van der Waals surface area contributed by atoms with E-state index in [0.29, 0.717) is 0 Å². The molecular formula is C14H20BrN3O3. The zero-order valence-electron chi connectivity index (χ0n) is 11.9. The predicted molar refractivity (Wildman–Crippen MR) is 83.3 cm³/mol. The molecule has 1 amide bonds. The fourth-order valence-corrected chi connectivity index (χ4v) is 2.97. The molecule has 0 aliphatic heterocycles. The maximum Gasteiger partial charge on any atom is 0.328 e. The lowest BCUT2D eigenvalue weighted by molar-refractivity contribution is -0.122. The van der Waals surface area contributed by atoms with Gasteiger partial charge < -0.3 is 5.32 Å². The van der Waals surface area contributed by atoms with Gasteiger partial charge in [0, 0.05) is 12.2 Å². The van der Waals surface area contributed by atoms with Crippen molar-refractivity contribution in [2.75, 3.05) is 0 Å². The quantitative estimate of drug-likeness (QED) is 0.860. The first-order chi connectivity index (χ1) is 10.1. The fourth-order valence-electron chi connectivity index (χ4n) is 2.63. The van der Waals surface area contributed by atoms with Crippen LogP contribution in [0.2, 0.25) is 0 Å². The summed E-state index contributed by atoms with van der Waals surface area (Å²) in [6.07, 6.45) is 9.33. The zero-order valence-corrected chi connectivity index (χ0v) is 13.4. The second-order valence-electron chi connectivity index (χ2n) is 5.47. The second-order valence-corrected chi connectivity index (χ2v) is 6.33. The molecule has 0 atom stereocenters. The van der Waals surface area contributed by atoms with E-state index in [9.17, 15) is 14.4 Å². The molecule has 6 nitrogen and oxygen atoms in total. The molecule has 0 unspecified atom stereocenters. The summed E-state index contributed by atoms with van der Waals surface area (Å²) in [6.45, 7) is -0.0787. The number of halogens is 1. The van der Waals surface area contributed by atoms with Crippen LogP contribution in [-0.4, -0.2) is 21.5 Å². The molecular weight excluding hydrogens is 338 g/mol. The average molecular weight is 358 g/mol. The van der Waals surface area contributed by atoms with E-state index < -0.39 is 11.2 Å². The number of amides is 1. The van der Waals surface area contributed by atoms with Crippen LogP contribution in [0.4, 0.5) is 0 Å². The number of nitrogens with zero attached hydrogens (tertiary/aromatic N) is 1. The Morgan fingerprint density at radius 1 is 1.24 bits per heavy atom. The minimum Gasteiger partial charge on any atom is -0.352 e. The first kappa shape index (κ1) is 16.0. The highest BCUT2D eigenvalue weighted by atomic mass is 79.9. The van der Waals surface area contributed by atoms with E-state index in [2.05, 4.69) is 26.2 Å². The lowest BCUT2D eigenvalue weighted by atomic mass is 9.97. The number of carbonyl (C=O) groups excluding carboxylic acids is 1. The highest BCUT2D eigenvalue weighted by Crippen LogP contribution is 2.17. The Morgan fingerprint density at radius 3 is 2.52 bits per heavy atom. The highest BCUT2D eigenvalue weighted by Gasteiger charge is 2.15. The van der Waals surface area contributed by atoms with Crippen LogP contribution in [-0.2, 0) is 11.3 Å². The highest BCUT2D eigenvalue weighted by molar-refractivity contribution is 9.10. The van der Waals surface area contributed by atoms with Gasteiger partial charge in [0.25, 0.3) is 5.56 Å². The minimum absolute atomic E-state index is 0.0787. The van der Waals surface area contributed by atoms with Gasteiger partial charge in [0.1, 0.15) is 6.54 Å². The normalized spacial score (nSPS) is 17.0. The van der Waals surface area contributed by atoms with Gasteiger partial charge in [0.2, 0.25) is 5.91 Å². The topological polar surface area (TPSA) is 84.0 Å². The number of hydrogen-bond acceptors (Lipinski definition) is 3. The van der Waals surface area contributed by atoms with Gasteiger partial charge in [0.15, 0.2) is 0 Å². The maximum absolute atomic E-state index is 12.0. The lowest BCUT2D eigenvalue weighted by Crippen LogP contribution is -2.40. The molecule has 7 heteroatoms. The van der Waals surface area contributed by atoms with Crippen molar-refractivity contribution in [3.05, 3.63) is 31.5 Å². The van der Waals surface area contributed by atoms with Crippen LogP contribution in [0, 0.1) is 0 Å². The average Bonchev–Trinajstić information content (AvgIpc) is 2.39. The van der Waals surface area contributed by atoms with Crippen molar-refractivity contribution in [3.8, 4) is 0 Å². The number of hydrogen-bond donors (Lipinski definition) is 2. The number of carbonyl (C=O) groups is 1. The van der Waals surface area contributed by atoms with Crippen molar-refractivity contribution in [1.82, 2.24) is 14.9 Å². The number of nitrogens with one attached hydrogen (secondary N) is 2. The molecule has 1 aromatic rings. The van der Waals surface area contributed by atoms with Crippen molar-refractivity contribution in [3.63, 3.8) is 0 Å². The predicted octanol–water partition coefficient (Wildman–Crippen LogP) is 1.53. The van der Waals surface area contributed by atoms with Gasteiger partial charge in [-0.15, -0.1) is 0 Å². The van der Waals surface area contributed by atoms with Crippen molar-refractivity contribution in [2.24, 2.45) is 0 Å². The molecule has 0 aromatic carbocycles. The number of aromatic amines is 1. The Hall–Kier alpha value is -1.37. The smallest absolute Gasteiger partial charge is 0.328 e. The van der Waals surface area contributed by atoms with E-state index >= 15 is 0 Å². The first-order valence-corrected chi connectivity index (χ1v) is 8.14. The van der Waals surface area contributed by atoms with Crippen LogP contribution in [0.25, 0.3) is 0 Å². The van der Waals surface area contributed by atoms with Crippen LogP contribution in [0.3, 0.4) is 0 Å². The van der Waals surface area contributed by atoms with Gasteiger partial charge in [-0.05, 0) is 28.8 Å². The summed E-state index contributed by atoms with van der Waals surface area (Å²) < 4.78 is 1.44. The van der Waals surface area contributed by atoms with Gasteiger partial charge >= 0.3 is 5.69 Å². The van der Waals surface area contributed by atoms with Crippen molar-refractivity contribution >= 4 is 21.8 Å². The van der Waals surface area contributed by atoms with Gasteiger partial charge in [-0.3, -0.25) is 19.1 Å². The Morgan fingerprint density at radius 2 is 1.86 bits per heavy atom. The van der Waals surface area contributed by atoms with Crippen molar-refractivity contribution < 1.29 is 4.79 Å². The summed E-state index contributed by atoms with van der Waals surface area (Å²) in [4.78, 5) is 37.1. The third-order valence-electron chi connectivity index (χ3n) is 3.75. The van der Waals surface area contributed by atoms with Crippen molar-refractivity contribution in [1.29, 1.82) is 0 Å².